The van der Waals surface area contributed by atoms with Crippen LogP contribution < -0.4 is 5.73 Å². The van der Waals surface area contributed by atoms with E-state index in [1.807, 2.05) is 70.2 Å². The number of nitrogens with two attached hydrogens (primary N) is 1. The summed E-state index contributed by atoms with van der Waals surface area (Å²) in [6.07, 6.45) is 43.6. The Labute approximate surface area is 801 Å². The number of benzene rings is 4. The highest BCUT2D eigenvalue weighted by atomic mass is 32.1. The summed E-state index contributed by atoms with van der Waals surface area (Å²) in [5.74, 6) is -3.02. The Morgan fingerprint density at radius 2 is 0.538 bits per heavy atom. The fourth-order valence-corrected chi connectivity index (χ4v) is 14.3. The Kier molecular flexibility index (Phi) is 88.3. The van der Waals surface area contributed by atoms with Crippen molar-refractivity contribution >= 4 is 64.3 Å². The summed E-state index contributed by atoms with van der Waals surface area (Å²) in [5, 5.41) is 11.0. The Bertz CT molecular complexity index is 2980. The van der Waals surface area contributed by atoms with E-state index in [1.54, 1.807) is 13.8 Å². The van der Waals surface area contributed by atoms with E-state index in [0.717, 1.165) is 44.0 Å². The fourth-order valence-electron chi connectivity index (χ4n) is 14.2. The summed E-state index contributed by atoms with van der Waals surface area (Å²) in [5.41, 5.74) is 14.0. The first-order valence-corrected chi connectivity index (χ1v) is 51.1. The van der Waals surface area contributed by atoms with Gasteiger partial charge in [-0.15, -0.1) is 10.1 Å². The second-order valence-electron chi connectivity index (χ2n) is 34.7. The summed E-state index contributed by atoms with van der Waals surface area (Å²) in [6.45, 7) is 47.1. The Morgan fingerprint density at radius 1 is 0.338 bits per heavy atom. The van der Waals surface area contributed by atoms with Gasteiger partial charge in [0, 0.05) is 51.3 Å². The lowest BCUT2D eigenvalue weighted by molar-refractivity contribution is -0.197. The zero-order valence-electron chi connectivity index (χ0n) is 86.8. The van der Waals surface area contributed by atoms with E-state index < -0.39 is 35.6 Å². The molecule has 3 N–H and O–H groups in total. The number of hydrogen-bond donors (Lipinski definition) is 2. The van der Waals surface area contributed by atoms with E-state index in [-0.39, 0.29) is 38.7 Å². The average Bonchev–Trinajstić information content (AvgIpc) is 1.69. The quantitative estimate of drug-likeness (QED) is 0.0726. The summed E-state index contributed by atoms with van der Waals surface area (Å²) < 4.78 is 0. The number of aliphatic hydroxyl groups is 1. The number of aliphatic hydroxyl groups excluding tert-OH is 1. The number of likely N-dealkylation sites (tertiary alicyclic amines) is 9. The van der Waals surface area contributed by atoms with Crippen molar-refractivity contribution in [1.29, 1.82) is 0 Å². The summed E-state index contributed by atoms with van der Waals surface area (Å²) in [4.78, 5) is 98.4. The molecule has 11 aliphatic heterocycles. The van der Waals surface area contributed by atoms with Crippen LogP contribution >= 0.6 is 12.2 Å². The molecule has 4 aromatic rings. The van der Waals surface area contributed by atoms with Crippen molar-refractivity contribution in [1.82, 2.24) is 54.2 Å². The van der Waals surface area contributed by atoms with Gasteiger partial charge in [-0.1, -0.05) is 205 Å². The number of aliphatic imine (C=N–C) groups is 1. The first-order chi connectivity index (χ1) is 62.7. The van der Waals surface area contributed by atoms with Gasteiger partial charge in [0.25, 0.3) is 23.6 Å². The number of imide groups is 2. The average molecular weight is 1840 g/mol. The number of anilines is 1. The first-order valence-electron chi connectivity index (χ1n) is 50.7. The molecule has 11 aliphatic rings. The number of piperidine rings is 9. The molecule has 11 heterocycles. The van der Waals surface area contributed by atoms with E-state index in [9.17, 15) is 28.8 Å². The standard InChI is InChI=1S/C9H9NS.C9H12.C8H11N.C8H10.C7H9NO4.C6H7NO4.9C6H13N.C2H6O.2C2H6/c1-2-8-3-5-9(6-4-8)10-7-11;1-3-9-6-4-8(2)5-7-9;1-2-7-3-5-8(9)6-4-7;1-2-8-6-4-3-5-7-8;1-2-7(11)12-8-5(9)3-4-6(8)10;1-4(8)11-7-5(9)2-3-6(7)10;9*1-7-5-3-2-4-6-7;1-2-3;2*1-2/h3-6H,2H2,1H3;4-7H,3H2,1-2H3;3-6H,2,9H2,1H3;3-7H,2H2,1H3;2-4H2,1H3;2-3H2,1H3;9*2-6H2,1H3;3H,2H2,1H3;2*1-2H3. The number of hydrogen-bond acceptors (Lipinski definition) is 21. The Morgan fingerprint density at radius 3 is 0.715 bits per heavy atom. The Hall–Kier alpha value is -6.70. The van der Waals surface area contributed by atoms with Crippen molar-refractivity contribution in [3.05, 3.63) is 131 Å². The minimum atomic E-state index is -0.659. The lowest BCUT2D eigenvalue weighted by atomic mass is 10.1. The van der Waals surface area contributed by atoms with Gasteiger partial charge >= 0.3 is 11.9 Å². The molecule has 130 heavy (non-hydrogen) atoms. The van der Waals surface area contributed by atoms with E-state index >= 15 is 0 Å². The second kappa shape index (κ2) is 90.1. The molecule has 22 nitrogen and oxygen atoms in total. The van der Waals surface area contributed by atoms with Crippen LogP contribution in [0.2, 0.25) is 0 Å². The number of carbonyl (C=O) groups is 6. The molecule has 23 heteroatoms. The van der Waals surface area contributed by atoms with Gasteiger partial charge in [-0.2, -0.15) is 4.99 Å². The molecule has 0 bridgehead atoms. The molecule has 15 rings (SSSR count). The normalized spacial score (nSPS) is 18.1. The van der Waals surface area contributed by atoms with Crippen molar-refractivity contribution in [2.45, 2.75) is 314 Å². The van der Waals surface area contributed by atoms with Crippen LogP contribution in [0.1, 0.15) is 309 Å². The van der Waals surface area contributed by atoms with E-state index in [2.05, 4.69) is 235 Å². The third kappa shape index (κ3) is 77.7. The zero-order valence-corrected chi connectivity index (χ0v) is 87.6. The summed E-state index contributed by atoms with van der Waals surface area (Å²) >= 11 is 4.48. The largest absolute Gasteiger partial charge is 0.399 e. The highest BCUT2D eigenvalue weighted by Gasteiger charge is 2.33. The number of rotatable bonds is 8. The molecule has 0 unspecified atom stereocenters. The number of isothiocyanates is 1. The van der Waals surface area contributed by atoms with Gasteiger partial charge in [-0.25, -0.2) is 9.59 Å². The molecular formula is C107H193N13O9S. The van der Waals surface area contributed by atoms with Gasteiger partial charge in [0.1, 0.15) is 0 Å². The van der Waals surface area contributed by atoms with Gasteiger partial charge in [-0.05, 0) is 395 Å². The maximum absolute atomic E-state index is 10.9. The molecule has 0 saturated carbocycles. The molecule has 0 aromatic heterocycles. The van der Waals surface area contributed by atoms with Crippen molar-refractivity contribution < 1.29 is 43.5 Å². The highest BCUT2D eigenvalue weighted by Crippen LogP contribution is 2.17. The number of thiocarbonyl (C=S) groups is 1. The van der Waals surface area contributed by atoms with Crippen LogP contribution in [0, 0.1) is 6.92 Å². The molecule has 11 saturated heterocycles. The molecule has 4 amide bonds. The predicted octanol–water partition coefficient (Wildman–Crippen LogP) is 21.2. The highest BCUT2D eigenvalue weighted by molar-refractivity contribution is 7.78. The number of carbonyl (C=O) groups excluding carboxylic acids is 6. The van der Waals surface area contributed by atoms with Crippen molar-refractivity contribution in [2.75, 3.05) is 194 Å². The van der Waals surface area contributed by atoms with E-state index in [4.69, 9.17) is 10.8 Å². The van der Waals surface area contributed by atoms with Gasteiger partial charge in [-0.3, -0.25) is 19.2 Å². The van der Waals surface area contributed by atoms with Gasteiger partial charge in [0.05, 0.1) is 10.8 Å². The van der Waals surface area contributed by atoms with E-state index in [0.29, 0.717) is 10.1 Å². The first kappa shape index (κ1) is 127. The van der Waals surface area contributed by atoms with Crippen LogP contribution in [0.4, 0.5) is 11.4 Å². The molecule has 0 atom stereocenters. The van der Waals surface area contributed by atoms with Crippen LogP contribution in [-0.2, 0) is 64.1 Å². The monoisotopic (exact) mass is 1840 g/mol. The third-order valence-corrected chi connectivity index (χ3v) is 22.7. The molecule has 746 valence electrons. The lowest BCUT2D eigenvalue weighted by Crippen LogP contribution is -2.31. The zero-order chi connectivity index (χ0) is 97.6. The maximum Gasteiger partial charge on any atom is 0.332 e. The van der Waals surface area contributed by atoms with Crippen molar-refractivity contribution in [3.8, 4) is 0 Å². The lowest BCUT2D eigenvalue weighted by Gasteiger charge is -2.20. The molecule has 0 radical (unpaired) electrons. The molecular weight excluding hydrogens is 1640 g/mol. The predicted molar refractivity (Wildman–Crippen MR) is 555 cm³/mol. The summed E-state index contributed by atoms with van der Waals surface area (Å²) in [6, 6.07) is 35.1. The topological polar surface area (TPSA) is 215 Å². The summed E-state index contributed by atoms with van der Waals surface area (Å²) in [7, 11) is 19.7. The van der Waals surface area contributed by atoms with Crippen molar-refractivity contribution in [2.24, 2.45) is 4.99 Å². The van der Waals surface area contributed by atoms with Crippen LogP contribution in [0.5, 0.6) is 0 Å². The second-order valence-corrected chi connectivity index (χ2v) is 34.8. The van der Waals surface area contributed by atoms with Gasteiger partial charge in [0.15, 0.2) is 0 Å². The minimum absolute atomic E-state index is 0.131. The third-order valence-electron chi connectivity index (χ3n) is 22.6. The number of nitrogen functional groups attached to an aromatic ring is 1. The van der Waals surface area contributed by atoms with Crippen LogP contribution in [0.3, 0.4) is 0 Å². The van der Waals surface area contributed by atoms with Gasteiger partial charge in [0.2, 0.25) is 0 Å². The van der Waals surface area contributed by atoms with Crippen LogP contribution in [-0.4, -0.2) is 288 Å². The number of nitrogens with zero attached hydrogens (tertiary/aromatic N) is 12. The van der Waals surface area contributed by atoms with Crippen LogP contribution in [0.25, 0.3) is 0 Å². The SMILES string of the molecule is CC.CC.CC(=O)ON1C(=O)CCC1=O.CCC(=O)ON1C(=O)CCC1=O.CCO.CCc1ccc(C)cc1.CCc1ccc(N)cc1.CCc1ccc(N=C=S)cc1.CCc1ccccc1.CN1CCCCC1.CN1CCCCC1.CN1CCCCC1.CN1CCCCC1.CN1CCCCC1.CN1CCCCC1.CN1CCCCC1.CN1CCCCC1.CN1CCCCC1. The van der Waals surface area contributed by atoms with Gasteiger partial charge < -0.3 is 64.6 Å². The minimum Gasteiger partial charge on any atom is -0.399 e. The smallest absolute Gasteiger partial charge is 0.332 e. The van der Waals surface area contributed by atoms with Crippen molar-refractivity contribution in [3.63, 3.8) is 0 Å². The molecule has 4 aromatic carbocycles. The maximum atomic E-state index is 10.9. The fraction of sp³-hybridized carbons (Fsp3) is 0.710. The molecule has 0 aliphatic carbocycles. The number of aryl methyl sites for hydroxylation is 5. The molecule has 11 fully saturated rings. The molecule has 0 spiro atoms. The number of hydroxylamine groups is 4. The number of amides is 4. The Balaban J connectivity index is -0.00000133. The van der Waals surface area contributed by atoms with E-state index in [1.165, 1.54) is 319 Å². The van der Waals surface area contributed by atoms with Crippen LogP contribution in [0.15, 0.2) is 108 Å².